The first kappa shape index (κ1) is 18.3. The van der Waals surface area contributed by atoms with Crippen molar-refractivity contribution in [3.05, 3.63) is 29.8 Å². The van der Waals surface area contributed by atoms with Crippen molar-refractivity contribution < 1.29 is 19.5 Å². The lowest BCUT2D eigenvalue weighted by Crippen LogP contribution is -2.45. The highest BCUT2D eigenvalue weighted by Crippen LogP contribution is 2.18. The van der Waals surface area contributed by atoms with E-state index in [1.807, 2.05) is 0 Å². The molecule has 0 aliphatic carbocycles. The summed E-state index contributed by atoms with van der Waals surface area (Å²) in [5.74, 6) is -0.522. The minimum absolute atomic E-state index is 0.00770. The van der Waals surface area contributed by atoms with Crippen molar-refractivity contribution in [2.24, 2.45) is 0 Å². The topological polar surface area (TPSA) is 102 Å². The second-order valence-electron chi connectivity index (χ2n) is 6.61. The summed E-state index contributed by atoms with van der Waals surface area (Å²) in [4.78, 5) is 38.7. The lowest BCUT2D eigenvalue weighted by Gasteiger charge is -2.34. The first-order valence-electron chi connectivity index (χ1n) is 8.93. The summed E-state index contributed by atoms with van der Waals surface area (Å²) in [6.07, 6.45) is 3.26. The molecule has 4 amide bonds. The average Bonchev–Trinajstić information content (AvgIpc) is 3.00. The fraction of sp³-hybridized carbons (Fsp3) is 0.500. The second kappa shape index (κ2) is 8.29. The van der Waals surface area contributed by atoms with Crippen LogP contribution < -0.4 is 15.5 Å². The number of anilines is 1. The smallest absolute Gasteiger partial charge is 0.329 e. The number of nitrogens with one attached hydrogen (secondary N) is 2. The van der Waals surface area contributed by atoms with Gasteiger partial charge in [-0.2, -0.15) is 0 Å². The number of piperidine rings is 1. The van der Waals surface area contributed by atoms with Crippen molar-refractivity contribution in [2.75, 3.05) is 37.7 Å². The Balaban J connectivity index is 1.50. The second-order valence-corrected chi connectivity index (χ2v) is 6.61. The number of aliphatic hydroxyl groups is 1. The van der Waals surface area contributed by atoms with E-state index >= 15 is 0 Å². The van der Waals surface area contributed by atoms with Crippen molar-refractivity contribution >= 4 is 23.5 Å². The molecule has 2 aliphatic rings. The molecule has 0 bridgehead atoms. The van der Waals surface area contributed by atoms with Gasteiger partial charge in [-0.15, -0.1) is 0 Å². The maximum atomic E-state index is 12.3. The fourth-order valence-electron chi connectivity index (χ4n) is 3.42. The Labute approximate surface area is 152 Å². The number of likely N-dealkylation sites (tertiary alicyclic amines) is 1. The van der Waals surface area contributed by atoms with Crippen LogP contribution in [0.25, 0.3) is 0 Å². The van der Waals surface area contributed by atoms with Crippen molar-refractivity contribution in [3.63, 3.8) is 0 Å². The van der Waals surface area contributed by atoms with Crippen LogP contribution in [-0.4, -0.2) is 66.7 Å². The summed E-state index contributed by atoms with van der Waals surface area (Å²) in [6, 6.07) is 6.32. The zero-order chi connectivity index (χ0) is 18.5. The molecule has 2 saturated heterocycles. The van der Waals surface area contributed by atoms with Gasteiger partial charge in [-0.1, -0.05) is 6.42 Å². The van der Waals surface area contributed by atoms with Crippen LogP contribution in [-0.2, 0) is 4.79 Å². The molecule has 140 valence electrons. The van der Waals surface area contributed by atoms with Crippen LogP contribution in [0.15, 0.2) is 24.3 Å². The van der Waals surface area contributed by atoms with Crippen molar-refractivity contribution in [3.8, 4) is 0 Å². The molecule has 0 aromatic heterocycles. The standard InChI is InChI=1S/C18H24N4O4/c23-12-15-3-1-2-9-21(15)10-8-19-17(25)13-4-6-14(7-5-13)22-11-16(24)20-18(22)26/h4-7,15,23H,1-3,8-12H2,(H,19,25)(H,20,24,26)/t15-/m1/s1. The molecule has 8 heteroatoms. The number of aliphatic hydroxyl groups excluding tert-OH is 1. The van der Waals surface area contributed by atoms with E-state index in [0.29, 0.717) is 24.3 Å². The molecular formula is C18H24N4O4. The van der Waals surface area contributed by atoms with Gasteiger partial charge in [0.1, 0.15) is 6.54 Å². The van der Waals surface area contributed by atoms with Gasteiger partial charge in [0.2, 0.25) is 5.91 Å². The predicted molar refractivity (Wildman–Crippen MR) is 96.0 cm³/mol. The van der Waals surface area contributed by atoms with Crippen LogP contribution in [0.3, 0.4) is 0 Å². The van der Waals surface area contributed by atoms with Gasteiger partial charge in [-0.3, -0.25) is 24.7 Å². The number of carbonyl (C=O) groups is 3. The Kier molecular flexibility index (Phi) is 5.85. The first-order valence-corrected chi connectivity index (χ1v) is 8.93. The van der Waals surface area contributed by atoms with Gasteiger partial charge in [0.25, 0.3) is 5.91 Å². The predicted octanol–water partition coefficient (Wildman–Crippen LogP) is 0.319. The molecule has 0 unspecified atom stereocenters. The molecule has 1 aromatic carbocycles. The number of amides is 4. The van der Waals surface area contributed by atoms with E-state index < -0.39 is 6.03 Å². The Morgan fingerprint density at radius 3 is 2.65 bits per heavy atom. The SMILES string of the molecule is O=C1CN(c2ccc(C(=O)NCCN3CCCC[C@@H]3CO)cc2)C(=O)N1. The zero-order valence-corrected chi connectivity index (χ0v) is 14.6. The van der Waals surface area contributed by atoms with Gasteiger partial charge in [0, 0.05) is 30.4 Å². The molecule has 1 atom stereocenters. The van der Waals surface area contributed by atoms with Crippen LogP contribution in [0, 0.1) is 0 Å². The molecule has 2 heterocycles. The summed E-state index contributed by atoms with van der Waals surface area (Å²) in [5.41, 5.74) is 1.07. The van der Waals surface area contributed by atoms with Crippen LogP contribution >= 0.6 is 0 Å². The summed E-state index contributed by atoms with van der Waals surface area (Å²) in [5, 5.41) is 14.5. The minimum atomic E-state index is -0.452. The van der Waals surface area contributed by atoms with Gasteiger partial charge in [0.05, 0.1) is 6.61 Å². The van der Waals surface area contributed by atoms with Crippen molar-refractivity contribution in [2.45, 2.75) is 25.3 Å². The quantitative estimate of drug-likeness (QED) is 0.634. The molecular weight excluding hydrogens is 336 g/mol. The molecule has 3 N–H and O–H groups in total. The highest BCUT2D eigenvalue weighted by Gasteiger charge is 2.28. The Hall–Kier alpha value is -2.45. The van der Waals surface area contributed by atoms with Crippen LogP contribution in [0.4, 0.5) is 10.5 Å². The maximum Gasteiger partial charge on any atom is 0.329 e. The monoisotopic (exact) mass is 360 g/mol. The van der Waals surface area contributed by atoms with Gasteiger partial charge in [0.15, 0.2) is 0 Å². The highest BCUT2D eigenvalue weighted by molar-refractivity contribution is 6.12. The van der Waals surface area contributed by atoms with Gasteiger partial charge < -0.3 is 10.4 Å². The van der Waals surface area contributed by atoms with Crippen molar-refractivity contribution in [1.82, 2.24) is 15.5 Å². The molecule has 8 nitrogen and oxygen atoms in total. The van der Waals surface area contributed by atoms with E-state index in [1.165, 1.54) is 4.90 Å². The van der Waals surface area contributed by atoms with E-state index in [2.05, 4.69) is 15.5 Å². The Morgan fingerprint density at radius 1 is 1.23 bits per heavy atom. The van der Waals surface area contributed by atoms with Gasteiger partial charge >= 0.3 is 6.03 Å². The van der Waals surface area contributed by atoms with E-state index in [9.17, 15) is 19.5 Å². The largest absolute Gasteiger partial charge is 0.395 e. The number of carbonyl (C=O) groups excluding carboxylic acids is 3. The number of urea groups is 1. The van der Waals surface area contributed by atoms with Gasteiger partial charge in [-0.05, 0) is 43.7 Å². The highest BCUT2D eigenvalue weighted by atomic mass is 16.3. The molecule has 3 rings (SSSR count). The summed E-state index contributed by atoms with van der Waals surface area (Å²) in [7, 11) is 0. The lowest BCUT2D eigenvalue weighted by molar-refractivity contribution is -0.117. The maximum absolute atomic E-state index is 12.3. The Bertz CT molecular complexity index is 676. The number of hydrogen-bond acceptors (Lipinski definition) is 5. The molecule has 0 radical (unpaired) electrons. The normalized spacial score (nSPS) is 21.0. The molecule has 0 spiro atoms. The van der Waals surface area contributed by atoms with Crippen molar-refractivity contribution in [1.29, 1.82) is 0 Å². The molecule has 0 saturated carbocycles. The summed E-state index contributed by atoms with van der Waals surface area (Å²) in [6.45, 7) is 2.33. The molecule has 2 aliphatic heterocycles. The van der Waals surface area contributed by atoms with Gasteiger partial charge in [-0.25, -0.2) is 4.79 Å². The summed E-state index contributed by atoms with van der Waals surface area (Å²) >= 11 is 0. The fourth-order valence-corrected chi connectivity index (χ4v) is 3.42. The number of benzene rings is 1. The van der Waals surface area contributed by atoms with E-state index in [1.54, 1.807) is 24.3 Å². The summed E-state index contributed by atoms with van der Waals surface area (Å²) < 4.78 is 0. The van der Waals surface area contributed by atoms with E-state index in [4.69, 9.17) is 0 Å². The van der Waals surface area contributed by atoms with E-state index in [-0.39, 0.29) is 31.0 Å². The van der Waals surface area contributed by atoms with Crippen LogP contribution in [0.5, 0.6) is 0 Å². The lowest BCUT2D eigenvalue weighted by atomic mass is 10.0. The van der Waals surface area contributed by atoms with E-state index in [0.717, 1.165) is 25.8 Å². The number of rotatable bonds is 6. The number of imide groups is 1. The third-order valence-electron chi connectivity index (χ3n) is 4.88. The molecule has 2 fully saturated rings. The average molecular weight is 360 g/mol. The Morgan fingerprint density at radius 2 is 2.00 bits per heavy atom. The van der Waals surface area contributed by atoms with Crippen LogP contribution in [0.1, 0.15) is 29.6 Å². The number of hydrogen-bond donors (Lipinski definition) is 3. The molecule has 26 heavy (non-hydrogen) atoms. The van der Waals surface area contributed by atoms with Crippen LogP contribution in [0.2, 0.25) is 0 Å². The minimum Gasteiger partial charge on any atom is -0.395 e. The zero-order valence-electron chi connectivity index (χ0n) is 14.6. The first-order chi connectivity index (χ1) is 12.6. The third-order valence-corrected chi connectivity index (χ3v) is 4.88. The molecule has 1 aromatic rings. The third kappa shape index (κ3) is 4.20. The number of nitrogens with zero attached hydrogens (tertiary/aromatic N) is 2.